The van der Waals surface area contributed by atoms with Crippen molar-refractivity contribution >= 4 is 33.2 Å². The minimum Gasteiger partial charge on any atom is -0.350 e. The zero-order valence-electron chi connectivity index (χ0n) is 15.9. The Morgan fingerprint density at radius 2 is 1.96 bits per heavy atom. The molecule has 0 aliphatic heterocycles. The molecule has 1 atom stereocenters. The second kappa shape index (κ2) is 8.37. The van der Waals surface area contributed by atoms with Crippen LogP contribution < -0.4 is 5.32 Å². The molecule has 5 nitrogen and oxygen atoms in total. The minimum atomic E-state index is -0.0711. The molecule has 1 amide bonds. The van der Waals surface area contributed by atoms with Gasteiger partial charge in [-0.15, -0.1) is 0 Å². The van der Waals surface area contributed by atoms with Gasteiger partial charge >= 0.3 is 0 Å². The Hall–Kier alpha value is -1.96. The van der Waals surface area contributed by atoms with Gasteiger partial charge < -0.3 is 10.2 Å². The van der Waals surface area contributed by atoms with E-state index in [1.165, 1.54) is 5.56 Å². The fourth-order valence-corrected chi connectivity index (χ4v) is 3.94. The molecule has 0 aliphatic carbocycles. The van der Waals surface area contributed by atoms with Crippen LogP contribution in [0.2, 0.25) is 0 Å². The first-order valence-corrected chi connectivity index (χ1v) is 10.4. The van der Waals surface area contributed by atoms with Gasteiger partial charge in [-0.1, -0.05) is 0 Å². The fraction of sp³-hybridized carbons (Fsp3) is 0.300. The summed E-state index contributed by atoms with van der Waals surface area (Å²) in [7, 11) is 4.05. The largest absolute Gasteiger partial charge is 0.350 e. The average Bonchev–Trinajstić information content (AvgIpc) is 3.26. The highest BCUT2D eigenvalue weighted by atomic mass is 79.9. The van der Waals surface area contributed by atoms with Gasteiger partial charge in [-0.05, 0) is 90.5 Å². The van der Waals surface area contributed by atoms with Crippen LogP contribution in [0.5, 0.6) is 0 Å². The highest BCUT2D eigenvalue weighted by molar-refractivity contribution is 9.10. The van der Waals surface area contributed by atoms with Crippen molar-refractivity contribution < 1.29 is 4.79 Å². The second-order valence-electron chi connectivity index (χ2n) is 6.69. The lowest BCUT2D eigenvalue weighted by atomic mass is 10.1. The Balaban J connectivity index is 1.69. The summed E-state index contributed by atoms with van der Waals surface area (Å²) in [6.07, 6.45) is 0. The summed E-state index contributed by atoms with van der Waals surface area (Å²) in [5.41, 5.74) is 4.77. The Morgan fingerprint density at radius 3 is 2.48 bits per heavy atom. The third-order valence-corrected chi connectivity index (χ3v) is 6.43. The molecular weight excluding hydrogens is 424 g/mol. The van der Waals surface area contributed by atoms with E-state index < -0.39 is 0 Å². The molecule has 0 saturated carbocycles. The molecule has 1 unspecified atom stereocenters. The number of halogens is 1. The molecule has 0 spiro atoms. The van der Waals surface area contributed by atoms with Gasteiger partial charge in [0.15, 0.2) is 0 Å². The number of amides is 1. The first kappa shape index (κ1) is 19.8. The topological polar surface area (TPSA) is 50.2 Å². The van der Waals surface area contributed by atoms with Crippen molar-refractivity contribution in [2.75, 3.05) is 20.6 Å². The standard InChI is InChI=1S/C20H23BrN4OS/c1-13-19(21)14(2)25(23-13)17-7-5-15(6-8-17)20(26)22-11-18(24(3)4)16-9-10-27-12-16/h5-10,12,18H,11H2,1-4H3,(H,22,26). The zero-order valence-corrected chi connectivity index (χ0v) is 18.3. The van der Waals surface area contributed by atoms with Crippen molar-refractivity contribution in [3.63, 3.8) is 0 Å². The van der Waals surface area contributed by atoms with E-state index in [0.29, 0.717) is 12.1 Å². The number of hydrogen-bond donors (Lipinski definition) is 1. The number of hydrogen-bond acceptors (Lipinski definition) is 4. The Kier molecular flexibility index (Phi) is 6.14. The fourth-order valence-electron chi connectivity index (χ4n) is 2.98. The predicted octanol–water partition coefficient (Wildman–Crippen LogP) is 4.35. The van der Waals surface area contributed by atoms with E-state index in [9.17, 15) is 4.79 Å². The first-order chi connectivity index (χ1) is 12.9. The lowest BCUT2D eigenvalue weighted by molar-refractivity contribution is 0.0942. The van der Waals surface area contributed by atoms with Crippen molar-refractivity contribution in [1.29, 1.82) is 0 Å². The number of rotatable bonds is 6. The van der Waals surface area contributed by atoms with Crippen molar-refractivity contribution in [2.24, 2.45) is 0 Å². The van der Waals surface area contributed by atoms with Crippen LogP contribution in [0.15, 0.2) is 45.6 Å². The van der Waals surface area contributed by atoms with Crippen LogP contribution in [0.3, 0.4) is 0 Å². The van der Waals surface area contributed by atoms with Crippen molar-refractivity contribution in [1.82, 2.24) is 20.0 Å². The Morgan fingerprint density at radius 1 is 1.26 bits per heavy atom. The average molecular weight is 447 g/mol. The van der Waals surface area contributed by atoms with Gasteiger partial charge in [0.2, 0.25) is 0 Å². The monoisotopic (exact) mass is 446 g/mol. The lowest BCUT2D eigenvalue weighted by Gasteiger charge is -2.24. The molecule has 1 aromatic carbocycles. The number of nitrogens with zero attached hydrogens (tertiary/aromatic N) is 3. The molecule has 0 radical (unpaired) electrons. The van der Waals surface area contributed by atoms with Crippen LogP contribution in [0.1, 0.15) is 33.4 Å². The maximum atomic E-state index is 12.6. The molecule has 2 heterocycles. The van der Waals surface area contributed by atoms with Crippen LogP contribution in [-0.4, -0.2) is 41.2 Å². The van der Waals surface area contributed by atoms with Crippen LogP contribution in [0.25, 0.3) is 5.69 Å². The van der Waals surface area contributed by atoms with Gasteiger partial charge in [-0.25, -0.2) is 4.68 Å². The van der Waals surface area contributed by atoms with E-state index in [2.05, 4.69) is 48.1 Å². The maximum absolute atomic E-state index is 12.6. The predicted molar refractivity (Wildman–Crippen MR) is 114 cm³/mol. The van der Waals surface area contributed by atoms with E-state index in [0.717, 1.165) is 21.5 Å². The highest BCUT2D eigenvalue weighted by Gasteiger charge is 2.16. The molecule has 0 bridgehead atoms. The SMILES string of the molecule is Cc1nn(-c2ccc(C(=O)NCC(c3ccsc3)N(C)C)cc2)c(C)c1Br. The van der Waals surface area contributed by atoms with Gasteiger partial charge in [-0.3, -0.25) is 4.79 Å². The van der Waals surface area contributed by atoms with Crippen LogP contribution in [-0.2, 0) is 0 Å². The summed E-state index contributed by atoms with van der Waals surface area (Å²) < 4.78 is 2.88. The number of benzene rings is 1. The van der Waals surface area contributed by atoms with Crippen molar-refractivity contribution in [3.05, 3.63) is 68.1 Å². The van der Waals surface area contributed by atoms with Gasteiger partial charge in [0.25, 0.3) is 5.91 Å². The number of likely N-dealkylation sites (N-methyl/N-ethyl adjacent to an activating group) is 1. The summed E-state index contributed by atoms with van der Waals surface area (Å²) in [4.78, 5) is 14.7. The molecule has 142 valence electrons. The number of carbonyl (C=O) groups is 1. The van der Waals surface area contributed by atoms with E-state index >= 15 is 0 Å². The summed E-state index contributed by atoms with van der Waals surface area (Å²) >= 11 is 5.21. The molecular formula is C20H23BrN4OS. The summed E-state index contributed by atoms with van der Waals surface area (Å²) in [5, 5.41) is 11.8. The van der Waals surface area contributed by atoms with Crippen LogP contribution in [0.4, 0.5) is 0 Å². The van der Waals surface area contributed by atoms with Crippen molar-refractivity contribution in [2.45, 2.75) is 19.9 Å². The van der Waals surface area contributed by atoms with E-state index in [1.807, 2.05) is 56.9 Å². The normalized spacial score (nSPS) is 12.4. The van der Waals surface area contributed by atoms with Crippen LogP contribution >= 0.6 is 27.3 Å². The smallest absolute Gasteiger partial charge is 0.251 e. The number of aromatic nitrogens is 2. The molecule has 27 heavy (non-hydrogen) atoms. The molecule has 3 aromatic rings. The molecule has 0 saturated heterocycles. The Labute approximate surface area is 172 Å². The Bertz CT molecular complexity index is 916. The van der Waals surface area contributed by atoms with Gasteiger partial charge in [0.05, 0.1) is 27.6 Å². The molecule has 3 rings (SSSR count). The van der Waals surface area contributed by atoms with Crippen LogP contribution in [0, 0.1) is 13.8 Å². The molecule has 0 aliphatic rings. The second-order valence-corrected chi connectivity index (χ2v) is 8.26. The van der Waals surface area contributed by atoms with Gasteiger partial charge in [0, 0.05) is 12.1 Å². The minimum absolute atomic E-state index is 0.0711. The quantitative estimate of drug-likeness (QED) is 0.612. The lowest BCUT2D eigenvalue weighted by Crippen LogP contribution is -2.34. The van der Waals surface area contributed by atoms with Crippen molar-refractivity contribution in [3.8, 4) is 5.69 Å². The number of nitrogens with one attached hydrogen (secondary N) is 1. The number of thiophene rings is 1. The van der Waals surface area contributed by atoms with E-state index in [-0.39, 0.29) is 11.9 Å². The number of aryl methyl sites for hydroxylation is 1. The van der Waals surface area contributed by atoms with E-state index in [4.69, 9.17) is 0 Å². The summed E-state index contributed by atoms with van der Waals surface area (Å²) in [6, 6.07) is 9.77. The highest BCUT2D eigenvalue weighted by Crippen LogP contribution is 2.23. The first-order valence-electron chi connectivity index (χ1n) is 8.67. The zero-order chi connectivity index (χ0) is 19.6. The van der Waals surface area contributed by atoms with Gasteiger partial charge in [-0.2, -0.15) is 16.4 Å². The third-order valence-electron chi connectivity index (χ3n) is 4.58. The molecule has 1 N–H and O–H groups in total. The summed E-state index contributed by atoms with van der Waals surface area (Å²) in [6.45, 7) is 4.54. The number of carbonyl (C=O) groups excluding carboxylic acids is 1. The van der Waals surface area contributed by atoms with E-state index in [1.54, 1.807) is 11.3 Å². The molecule has 7 heteroatoms. The molecule has 0 fully saturated rings. The third kappa shape index (κ3) is 4.31. The van der Waals surface area contributed by atoms with Gasteiger partial charge in [0.1, 0.15) is 0 Å². The maximum Gasteiger partial charge on any atom is 0.251 e. The summed E-state index contributed by atoms with van der Waals surface area (Å²) in [5.74, 6) is -0.0711. The molecule has 2 aromatic heterocycles.